The number of hydrogen-bond acceptors (Lipinski definition) is 2. The number of unbranched alkanes of at least 4 members (excludes halogenated alkanes) is 1. The third-order valence-corrected chi connectivity index (χ3v) is 5.59. The van der Waals surface area contributed by atoms with Crippen LogP contribution in [-0.4, -0.2) is 49.8 Å². The monoisotopic (exact) mass is 333 g/mol. The van der Waals surface area contributed by atoms with Gasteiger partial charge in [0.1, 0.15) is 7.85 Å². The SMILES string of the molecule is [B]c1[nH]c2cccc3c2c1CC1C3=CC(C(=O)NCCCC)CN1C. The molecule has 2 unspecified atom stereocenters. The van der Waals surface area contributed by atoms with E-state index in [0.717, 1.165) is 43.5 Å². The second-order valence-electron chi connectivity index (χ2n) is 7.28. The van der Waals surface area contributed by atoms with E-state index in [1.165, 1.54) is 22.1 Å². The van der Waals surface area contributed by atoms with E-state index in [4.69, 9.17) is 7.85 Å². The number of H-pyrrole nitrogens is 1. The molecular weight excluding hydrogens is 309 g/mol. The Hall–Kier alpha value is -2.01. The molecule has 0 saturated carbocycles. The third kappa shape index (κ3) is 2.71. The molecule has 2 aromatic rings. The molecule has 1 aromatic carbocycles. The molecule has 2 heterocycles. The van der Waals surface area contributed by atoms with Gasteiger partial charge in [0.05, 0.1) is 5.92 Å². The van der Waals surface area contributed by atoms with Crippen LogP contribution in [0.4, 0.5) is 0 Å². The molecule has 0 bridgehead atoms. The second-order valence-corrected chi connectivity index (χ2v) is 7.28. The lowest BCUT2D eigenvalue weighted by Crippen LogP contribution is -2.47. The molecule has 2 N–H and O–H groups in total. The molecule has 5 heteroatoms. The first-order valence-electron chi connectivity index (χ1n) is 9.19. The fourth-order valence-electron chi connectivity index (χ4n) is 4.25. The van der Waals surface area contributed by atoms with Gasteiger partial charge in [0.2, 0.25) is 5.91 Å². The zero-order valence-corrected chi connectivity index (χ0v) is 14.9. The van der Waals surface area contributed by atoms with Crippen LogP contribution in [0.2, 0.25) is 0 Å². The van der Waals surface area contributed by atoms with Gasteiger partial charge in [-0.1, -0.05) is 31.6 Å². The summed E-state index contributed by atoms with van der Waals surface area (Å²) in [5.74, 6) is 0.0407. The summed E-state index contributed by atoms with van der Waals surface area (Å²) >= 11 is 0. The fraction of sp³-hybridized carbons (Fsp3) is 0.450. The number of amides is 1. The van der Waals surface area contributed by atoms with Crippen molar-refractivity contribution in [3.63, 3.8) is 0 Å². The topological polar surface area (TPSA) is 48.1 Å². The molecule has 1 aromatic heterocycles. The minimum atomic E-state index is -0.0961. The number of rotatable bonds is 4. The van der Waals surface area contributed by atoms with Gasteiger partial charge in [-0.25, -0.2) is 0 Å². The highest BCUT2D eigenvalue weighted by Crippen LogP contribution is 2.40. The molecule has 2 radical (unpaired) electrons. The number of nitrogens with zero attached hydrogens (tertiary/aromatic N) is 1. The molecule has 4 nitrogen and oxygen atoms in total. The Kier molecular flexibility index (Phi) is 4.20. The molecule has 0 fully saturated rings. The standard InChI is InChI=1S/C20H24BN3O/c1-3-4-8-22-20(25)12-9-14-13-6-5-7-16-18(13)15(19(21)23-16)10-17(14)24(2)11-12/h5-7,9,12,17,23H,3-4,8,10-11H2,1-2H3,(H,22,25). The Morgan fingerprint density at radius 1 is 1.44 bits per heavy atom. The van der Waals surface area contributed by atoms with E-state index in [1.54, 1.807) is 0 Å². The summed E-state index contributed by atoms with van der Waals surface area (Å²) in [6, 6.07) is 6.57. The second kappa shape index (κ2) is 6.38. The van der Waals surface area contributed by atoms with Gasteiger partial charge in [-0.05, 0) is 48.2 Å². The molecule has 128 valence electrons. The van der Waals surface area contributed by atoms with Crippen LogP contribution in [0.15, 0.2) is 24.3 Å². The molecule has 1 aliphatic carbocycles. The number of hydrogen-bond donors (Lipinski definition) is 2. The van der Waals surface area contributed by atoms with E-state index in [9.17, 15) is 4.79 Å². The molecule has 1 aliphatic heterocycles. The highest BCUT2D eigenvalue weighted by molar-refractivity contribution is 6.34. The van der Waals surface area contributed by atoms with Gasteiger partial charge in [-0.3, -0.25) is 9.69 Å². The number of likely N-dealkylation sites (N-methyl/N-ethyl adjacent to an activating group) is 1. The number of aromatic nitrogens is 1. The van der Waals surface area contributed by atoms with Gasteiger partial charge < -0.3 is 10.3 Å². The fourth-order valence-corrected chi connectivity index (χ4v) is 4.25. The summed E-state index contributed by atoms with van der Waals surface area (Å²) in [5.41, 5.74) is 5.55. The molecular formula is C20H24BN3O. The Bertz CT molecular complexity index is 854. The Balaban J connectivity index is 1.73. The summed E-state index contributed by atoms with van der Waals surface area (Å²) in [6.45, 7) is 3.65. The van der Waals surface area contributed by atoms with Crippen molar-refractivity contribution >= 4 is 35.8 Å². The molecule has 2 atom stereocenters. The van der Waals surface area contributed by atoms with Crippen LogP contribution in [0, 0.1) is 5.92 Å². The lowest BCUT2D eigenvalue weighted by Gasteiger charge is -2.39. The van der Waals surface area contributed by atoms with Crippen LogP contribution < -0.4 is 10.9 Å². The Morgan fingerprint density at radius 2 is 2.28 bits per heavy atom. The van der Waals surface area contributed by atoms with Gasteiger partial charge in [-0.2, -0.15) is 0 Å². The predicted octanol–water partition coefficient (Wildman–Crippen LogP) is 1.75. The molecule has 0 spiro atoms. The van der Waals surface area contributed by atoms with Crippen molar-refractivity contribution in [2.24, 2.45) is 5.92 Å². The number of aromatic amines is 1. The van der Waals surface area contributed by atoms with Crippen LogP contribution in [0.3, 0.4) is 0 Å². The summed E-state index contributed by atoms with van der Waals surface area (Å²) in [4.78, 5) is 18.2. The number of carbonyl (C=O) groups is 1. The van der Waals surface area contributed by atoms with E-state index in [1.807, 2.05) is 0 Å². The smallest absolute Gasteiger partial charge is 0.228 e. The first kappa shape index (κ1) is 16.5. The summed E-state index contributed by atoms with van der Waals surface area (Å²) in [6.07, 6.45) is 5.20. The van der Waals surface area contributed by atoms with E-state index in [2.05, 4.69) is 53.4 Å². The highest BCUT2D eigenvalue weighted by atomic mass is 16.1. The lowest BCUT2D eigenvalue weighted by atomic mass is 9.77. The van der Waals surface area contributed by atoms with Crippen molar-refractivity contribution in [3.05, 3.63) is 35.4 Å². The first-order valence-corrected chi connectivity index (χ1v) is 9.19. The predicted molar refractivity (Wildman–Crippen MR) is 103 cm³/mol. The third-order valence-electron chi connectivity index (χ3n) is 5.59. The van der Waals surface area contributed by atoms with E-state index >= 15 is 0 Å². The summed E-state index contributed by atoms with van der Waals surface area (Å²) < 4.78 is 0. The van der Waals surface area contributed by atoms with Crippen LogP contribution in [0.1, 0.15) is 30.9 Å². The van der Waals surface area contributed by atoms with Gasteiger partial charge in [0, 0.05) is 30.0 Å². The largest absolute Gasteiger partial charge is 0.368 e. The lowest BCUT2D eigenvalue weighted by molar-refractivity contribution is -0.124. The van der Waals surface area contributed by atoms with Crippen molar-refractivity contribution < 1.29 is 4.79 Å². The molecule has 4 rings (SSSR count). The van der Waals surface area contributed by atoms with Crippen LogP contribution in [0.5, 0.6) is 0 Å². The quantitative estimate of drug-likeness (QED) is 0.662. The van der Waals surface area contributed by atoms with Gasteiger partial charge in [0.15, 0.2) is 0 Å². The normalized spacial score (nSPS) is 22.6. The minimum absolute atomic E-state index is 0.0961. The average Bonchev–Trinajstić information content (AvgIpc) is 2.93. The van der Waals surface area contributed by atoms with Crippen LogP contribution in [-0.2, 0) is 11.2 Å². The highest BCUT2D eigenvalue weighted by Gasteiger charge is 2.35. The zero-order valence-electron chi connectivity index (χ0n) is 14.9. The Labute approximate surface area is 150 Å². The first-order chi connectivity index (χ1) is 12.1. The number of benzene rings is 1. The molecule has 25 heavy (non-hydrogen) atoms. The van der Waals surface area contributed by atoms with Crippen molar-refractivity contribution in [1.82, 2.24) is 15.2 Å². The Morgan fingerprint density at radius 3 is 3.08 bits per heavy atom. The minimum Gasteiger partial charge on any atom is -0.368 e. The van der Waals surface area contributed by atoms with Gasteiger partial charge in [0.25, 0.3) is 0 Å². The zero-order chi connectivity index (χ0) is 17.6. The van der Waals surface area contributed by atoms with Crippen LogP contribution >= 0.6 is 0 Å². The number of fused-ring (bicyclic) bond motifs is 2. The van der Waals surface area contributed by atoms with E-state index < -0.39 is 0 Å². The van der Waals surface area contributed by atoms with Crippen molar-refractivity contribution in [3.8, 4) is 0 Å². The van der Waals surface area contributed by atoms with Gasteiger partial charge >= 0.3 is 0 Å². The summed E-state index contributed by atoms with van der Waals surface area (Å²) in [5, 5.41) is 4.31. The maximum atomic E-state index is 12.6. The number of nitrogens with one attached hydrogen (secondary N) is 2. The van der Waals surface area contributed by atoms with Crippen molar-refractivity contribution in [2.45, 2.75) is 32.2 Å². The van der Waals surface area contributed by atoms with Crippen LogP contribution in [0.25, 0.3) is 16.5 Å². The average molecular weight is 333 g/mol. The van der Waals surface area contributed by atoms with E-state index in [-0.39, 0.29) is 17.9 Å². The maximum absolute atomic E-state index is 12.6. The summed E-state index contributed by atoms with van der Waals surface area (Å²) in [7, 11) is 8.33. The molecule has 1 amide bonds. The number of carbonyl (C=O) groups excluding carboxylic acids is 1. The molecule has 0 saturated heterocycles. The molecule has 2 aliphatic rings. The van der Waals surface area contributed by atoms with Gasteiger partial charge in [-0.15, -0.1) is 0 Å². The van der Waals surface area contributed by atoms with Crippen molar-refractivity contribution in [1.29, 1.82) is 0 Å². The van der Waals surface area contributed by atoms with Crippen molar-refractivity contribution in [2.75, 3.05) is 20.1 Å². The maximum Gasteiger partial charge on any atom is 0.228 e. The van der Waals surface area contributed by atoms with E-state index in [0.29, 0.717) is 0 Å².